The predicted molar refractivity (Wildman–Crippen MR) is 76.7 cm³/mol. The van der Waals surface area contributed by atoms with Gasteiger partial charge in [0.2, 0.25) is 10.0 Å². The van der Waals surface area contributed by atoms with Gasteiger partial charge in [-0.2, -0.15) is 4.31 Å². The second kappa shape index (κ2) is 5.98. The van der Waals surface area contributed by atoms with E-state index in [1.54, 1.807) is 25.4 Å². The van der Waals surface area contributed by atoms with Gasteiger partial charge in [0.1, 0.15) is 5.82 Å². The second-order valence-corrected chi connectivity index (χ2v) is 6.25. The maximum absolute atomic E-state index is 12.4. The number of sulfonamides is 1. The summed E-state index contributed by atoms with van der Waals surface area (Å²) in [4.78, 5) is 8.34. The first kappa shape index (κ1) is 14.4. The van der Waals surface area contributed by atoms with Crippen LogP contribution in [-0.2, 0) is 16.6 Å². The second-order valence-electron chi connectivity index (χ2n) is 4.21. The van der Waals surface area contributed by atoms with Gasteiger partial charge in [0, 0.05) is 32.6 Å². The summed E-state index contributed by atoms with van der Waals surface area (Å²) in [5.41, 5.74) is 0.696. The third-order valence-corrected chi connectivity index (χ3v) is 4.61. The maximum Gasteiger partial charge on any atom is 0.243 e. The van der Waals surface area contributed by atoms with Gasteiger partial charge in [-0.3, -0.25) is 4.98 Å². The highest BCUT2D eigenvalue weighted by molar-refractivity contribution is 7.89. The zero-order chi connectivity index (χ0) is 14.6. The zero-order valence-corrected chi connectivity index (χ0v) is 12.1. The fourth-order valence-electron chi connectivity index (χ4n) is 1.69. The van der Waals surface area contributed by atoms with Gasteiger partial charge in [-0.15, -0.1) is 0 Å². The van der Waals surface area contributed by atoms with Crippen LogP contribution in [0.4, 0.5) is 5.82 Å². The Morgan fingerprint density at radius 2 is 2.00 bits per heavy atom. The van der Waals surface area contributed by atoms with Crippen molar-refractivity contribution in [3.8, 4) is 0 Å². The summed E-state index contributed by atoms with van der Waals surface area (Å²) in [6, 6.07) is 8.39. The van der Waals surface area contributed by atoms with Crippen molar-refractivity contribution < 1.29 is 8.42 Å². The summed E-state index contributed by atoms with van der Waals surface area (Å²) in [6.45, 7) is 0.223. The van der Waals surface area contributed by atoms with Gasteiger partial charge >= 0.3 is 0 Å². The largest absolute Gasteiger partial charge is 0.373 e. The number of hydrogen-bond donors (Lipinski definition) is 1. The number of hydrogen-bond acceptors (Lipinski definition) is 5. The Bertz CT molecular complexity index is 674. The van der Waals surface area contributed by atoms with Crippen LogP contribution in [0.1, 0.15) is 5.69 Å². The maximum atomic E-state index is 12.4. The Labute approximate surface area is 118 Å². The van der Waals surface area contributed by atoms with Crippen LogP contribution in [0.25, 0.3) is 0 Å². The lowest BCUT2D eigenvalue weighted by Crippen LogP contribution is -2.27. The molecule has 0 saturated carbocycles. The van der Waals surface area contributed by atoms with Gasteiger partial charge in [-0.25, -0.2) is 13.4 Å². The van der Waals surface area contributed by atoms with E-state index in [1.807, 2.05) is 6.07 Å². The summed E-state index contributed by atoms with van der Waals surface area (Å²) in [5.74, 6) is 0.511. The first-order valence-electron chi connectivity index (χ1n) is 6.04. The Morgan fingerprint density at radius 1 is 1.20 bits per heavy atom. The number of rotatable bonds is 5. The Hall–Kier alpha value is -1.99. The lowest BCUT2D eigenvalue weighted by molar-refractivity contribution is 0.462. The first-order valence-corrected chi connectivity index (χ1v) is 7.48. The van der Waals surface area contributed by atoms with Crippen molar-refractivity contribution in [2.45, 2.75) is 11.4 Å². The molecule has 106 valence electrons. The van der Waals surface area contributed by atoms with Gasteiger partial charge in [-0.1, -0.05) is 6.07 Å². The van der Waals surface area contributed by atoms with E-state index >= 15 is 0 Å². The van der Waals surface area contributed by atoms with Gasteiger partial charge in [-0.05, 0) is 18.2 Å². The molecular weight excluding hydrogens is 276 g/mol. The molecule has 2 aromatic heterocycles. The molecule has 0 aliphatic heterocycles. The van der Waals surface area contributed by atoms with Crippen molar-refractivity contribution in [3.63, 3.8) is 0 Å². The van der Waals surface area contributed by atoms with E-state index in [2.05, 4.69) is 15.3 Å². The molecule has 1 N–H and O–H groups in total. The molecule has 6 nitrogen and oxygen atoms in total. The van der Waals surface area contributed by atoms with Gasteiger partial charge in [0.05, 0.1) is 17.1 Å². The van der Waals surface area contributed by atoms with E-state index in [4.69, 9.17) is 0 Å². The number of anilines is 1. The van der Waals surface area contributed by atoms with Crippen molar-refractivity contribution in [2.24, 2.45) is 0 Å². The minimum absolute atomic E-state index is 0.204. The van der Waals surface area contributed by atoms with Gasteiger partial charge < -0.3 is 5.32 Å². The molecule has 20 heavy (non-hydrogen) atoms. The third kappa shape index (κ3) is 3.12. The highest BCUT2D eigenvalue weighted by Crippen LogP contribution is 2.17. The highest BCUT2D eigenvalue weighted by atomic mass is 32.2. The van der Waals surface area contributed by atoms with Gasteiger partial charge in [0.15, 0.2) is 0 Å². The van der Waals surface area contributed by atoms with Crippen molar-refractivity contribution in [1.82, 2.24) is 14.3 Å². The van der Waals surface area contributed by atoms with E-state index in [0.29, 0.717) is 11.5 Å². The predicted octanol–water partition coefficient (Wildman–Crippen LogP) is 1.34. The summed E-state index contributed by atoms with van der Waals surface area (Å²) in [7, 11) is -0.334. The van der Waals surface area contributed by atoms with Gasteiger partial charge in [0.25, 0.3) is 0 Å². The lowest BCUT2D eigenvalue weighted by atomic mass is 10.3. The molecule has 0 fully saturated rings. The molecule has 0 aliphatic rings. The molecule has 2 rings (SSSR count). The van der Waals surface area contributed by atoms with Crippen molar-refractivity contribution in [1.29, 1.82) is 0 Å². The number of pyridine rings is 2. The molecule has 2 heterocycles. The minimum Gasteiger partial charge on any atom is -0.373 e. The Morgan fingerprint density at radius 3 is 2.65 bits per heavy atom. The minimum atomic E-state index is -3.56. The number of aromatic nitrogens is 2. The van der Waals surface area contributed by atoms with Crippen LogP contribution in [0.15, 0.2) is 47.6 Å². The molecule has 7 heteroatoms. The van der Waals surface area contributed by atoms with E-state index in [-0.39, 0.29) is 11.4 Å². The van der Waals surface area contributed by atoms with E-state index in [1.165, 1.54) is 29.7 Å². The van der Waals surface area contributed by atoms with Crippen LogP contribution < -0.4 is 5.32 Å². The Balaban J connectivity index is 2.25. The monoisotopic (exact) mass is 292 g/mol. The summed E-state index contributed by atoms with van der Waals surface area (Å²) < 4.78 is 26.2. The SMILES string of the molecule is CNc1cc(S(=O)(=O)N(C)Cc2ccccn2)ccn1. The van der Waals surface area contributed by atoms with Crippen LogP contribution in [0.5, 0.6) is 0 Å². The summed E-state index contributed by atoms with van der Waals surface area (Å²) in [6.07, 6.45) is 3.11. The fraction of sp³-hybridized carbons (Fsp3) is 0.231. The van der Waals surface area contributed by atoms with E-state index in [9.17, 15) is 8.42 Å². The normalized spacial score (nSPS) is 11.6. The highest BCUT2D eigenvalue weighted by Gasteiger charge is 2.21. The van der Waals surface area contributed by atoms with Crippen LogP contribution in [0, 0.1) is 0 Å². The fourth-order valence-corrected chi connectivity index (χ4v) is 2.85. The lowest BCUT2D eigenvalue weighted by Gasteiger charge is -2.17. The number of nitrogens with one attached hydrogen (secondary N) is 1. The third-order valence-electron chi connectivity index (χ3n) is 2.81. The molecule has 0 unspecified atom stereocenters. The summed E-state index contributed by atoms with van der Waals surface area (Å²) >= 11 is 0. The molecule has 0 aromatic carbocycles. The molecule has 0 bridgehead atoms. The van der Waals surface area contributed by atoms with E-state index in [0.717, 1.165) is 0 Å². The van der Waals surface area contributed by atoms with Crippen LogP contribution in [-0.4, -0.2) is 36.8 Å². The average Bonchev–Trinajstić information content (AvgIpc) is 2.48. The van der Waals surface area contributed by atoms with Crippen LogP contribution >= 0.6 is 0 Å². The first-order chi connectivity index (χ1) is 9.54. The molecular formula is C13H16N4O2S. The van der Waals surface area contributed by atoms with Crippen molar-refractivity contribution >= 4 is 15.8 Å². The van der Waals surface area contributed by atoms with Crippen LogP contribution in [0.2, 0.25) is 0 Å². The smallest absolute Gasteiger partial charge is 0.243 e. The quantitative estimate of drug-likeness (QED) is 0.900. The molecule has 0 aliphatic carbocycles. The molecule has 0 radical (unpaired) electrons. The Kier molecular flexibility index (Phi) is 4.31. The van der Waals surface area contributed by atoms with Crippen molar-refractivity contribution in [3.05, 3.63) is 48.4 Å². The molecule has 0 saturated heterocycles. The van der Waals surface area contributed by atoms with Crippen LogP contribution in [0.3, 0.4) is 0 Å². The van der Waals surface area contributed by atoms with Crippen molar-refractivity contribution in [2.75, 3.05) is 19.4 Å². The standard InChI is InChI=1S/C13H16N4O2S/c1-14-13-9-12(6-8-16-13)20(18,19)17(2)10-11-5-3-4-7-15-11/h3-9H,10H2,1-2H3,(H,14,16). The molecule has 0 atom stereocenters. The molecule has 0 spiro atoms. The topological polar surface area (TPSA) is 75.2 Å². The molecule has 2 aromatic rings. The van der Waals surface area contributed by atoms with E-state index < -0.39 is 10.0 Å². The zero-order valence-electron chi connectivity index (χ0n) is 11.3. The number of nitrogens with zero attached hydrogens (tertiary/aromatic N) is 3. The summed E-state index contributed by atoms with van der Waals surface area (Å²) in [5, 5.41) is 2.82. The molecule has 0 amide bonds. The average molecular weight is 292 g/mol.